The smallest absolute Gasteiger partial charge is 0.307 e. The topological polar surface area (TPSA) is 54.3 Å². The summed E-state index contributed by atoms with van der Waals surface area (Å²) in [4.78, 5) is 11.1. The second-order valence-corrected chi connectivity index (χ2v) is 5.73. The van der Waals surface area contributed by atoms with E-state index in [0.29, 0.717) is 11.1 Å². The fraction of sp³-hybridized carbons (Fsp3) is 0.400. The molecule has 5 heteroatoms. The molecule has 1 aliphatic heterocycles. The van der Waals surface area contributed by atoms with Gasteiger partial charge in [0.1, 0.15) is 0 Å². The molecule has 0 aliphatic carbocycles. The van der Waals surface area contributed by atoms with Crippen LogP contribution in [0.3, 0.4) is 0 Å². The van der Waals surface area contributed by atoms with Crippen LogP contribution in [0, 0.1) is 0 Å². The largest absolute Gasteiger partial charge is 0.481 e. The molecule has 0 unspecified atom stereocenters. The van der Waals surface area contributed by atoms with Crippen molar-refractivity contribution in [3.05, 3.63) is 34.5 Å². The summed E-state index contributed by atoms with van der Waals surface area (Å²) in [6.07, 6.45) is 2.01. The van der Waals surface area contributed by atoms with Crippen LogP contribution in [0.25, 0.3) is 10.9 Å². The number of nitrogens with zero attached hydrogens (tertiary/aromatic N) is 1. The van der Waals surface area contributed by atoms with Crippen LogP contribution >= 0.6 is 11.6 Å². The van der Waals surface area contributed by atoms with E-state index in [9.17, 15) is 4.79 Å². The number of benzene rings is 1. The number of fused-ring (bicyclic) bond motifs is 3. The third-order valence-corrected chi connectivity index (χ3v) is 4.35. The van der Waals surface area contributed by atoms with Gasteiger partial charge in [0.05, 0.1) is 11.9 Å². The van der Waals surface area contributed by atoms with Crippen molar-refractivity contribution >= 4 is 28.5 Å². The zero-order chi connectivity index (χ0) is 14.3. The number of rotatable bonds is 3. The van der Waals surface area contributed by atoms with E-state index >= 15 is 0 Å². The first-order valence-corrected chi connectivity index (χ1v) is 7.16. The van der Waals surface area contributed by atoms with Crippen LogP contribution in [0.4, 0.5) is 0 Å². The van der Waals surface area contributed by atoms with E-state index in [1.165, 1.54) is 0 Å². The summed E-state index contributed by atoms with van der Waals surface area (Å²) in [5.74, 6) is -0.786. The lowest BCUT2D eigenvalue weighted by Gasteiger charge is -2.25. The quantitative estimate of drug-likeness (QED) is 0.914. The van der Waals surface area contributed by atoms with Crippen LogP contribution in [0.1, 0.15) is 17.7 Å². The zero-order valence-corrected chi connectivity index (χ0v) is 12.1. The van der Waals surface area contributed by atoms with Crippen LogP contribution < -0.4 is 5.32 Å². The first kappa shape index (κ1) is 13.5. The molecule has 2 heterocycles. The summed E-state index contributed by atoms with van der Waals surface area (Å²) in [5.41, 5.74) is 3.14. The number of halogens is 1. The van der Waals surface area contributed by atoms with E-state index in [1.807, 2.05) is 25.2 Å². The lowest BCUT2D eigenvalue weighted by Crippen LogP contribution is -2.35. The SMILES string of the molecule is CN[C@@H]1CCc2c(CC(=O)O)c3ccc(Cl)cc3n2C1. The van der Waals surface area contributed by atoms with E-state index in [1.54, 1.807) is 0 Å². The summed E-state index contributed by atoms with van der Waals surface area (Å²) in [7, 11) is 1.96. The molecule has 0 amide bonds. The van der Waals surface area contributed by atoms with Gasteiger partial charge in [-0.25, -0.2) is 0 Å². The maximum absolute atomic E-state index is 11.1. The van der Waals surface area contributed by atoms with Gasteiger partial charge in [-0.15, -0.1) is 0 Å². The van der Waals surface area contributed by atoms with Crippen molar-refractivity contribution in [3.63, 3.8) is 0 Å². The maximum Gasteiger partial charge on any atom is 0.307 e. The Balaban J connectivity index is 2.21. The predicted molar refractivity (Wildman–Crippen MR) is 79.5 cm³/mol. The number of carboxylic acids is 1. The second-order valence-electron chi connectivity index (χ2n) is 5.29. The summed E-state index contributed by atoms with van der Waals surface area (Å²) in [5, 5.41) is 14.2. The third-order valence-electron chi connectivity index (χ3n) is 4.12. The summed E-state index contributed by atoms with van der Waals surface area (Å²) in [6, 6.07) is 6.13. The monoisotopic (exact) mass is 292 g/mol. The highest BCUT2D eigenvalue weighted by atomic mass is 35.5. The molecule has 0 saturated carbocycles. The minimum atomic E-state index is -0.786. The van der Waals surface area contributed by atoms with Gasteiger partial charge in [0.2, 0.25) is 0 Å². The molecule has 3 rings (SSSR count). The van der Waals surface area contributed by atoms with E-state index in [4.69, 9.17) is 16.7 Å². The van der Waals surface area contributed by atoms with Gasteiger partial charge >= 0.3 is 5.97 Å². The molecular formula is C15H17ClN2O2. The molecule has 0 fully saturated rings. The number of hydrogen-bond acceptors (Lipinski definition) is 2. The van der Waals surface area contributed by atoms with Gasteiger partial charge in [-0.3, -0.25) is 4.79 Å². The van der Waals surface area contributed by atoms with Gasteiger partial charge in [-0.1, -0.05) is 17.7 Å². The molecule has 2 aromatic rings. The van der Waals surface area contributed by atoms with Crippen LogP contribution in [0.15, 0.2) is 18.2 Å². The first-order valence-electron chi connectivity index (χ1n) is 6.78. The fourth-order valence-corrected chi connectivity index (χ4v) is 3.31. The van der Waals surface area contributed by atoms with Crippen molar-refractivity contribution in [2.24, 2.45) is 0 Å². The summed E-state index contributed by atoms with van der Waals surface area (Å²) in [6.45, 7) is 0.863. The average Bonchev–Trinajstić information content (AvgIpc) is 2.71. The van der Waals surface area contributed by atoms with Crippen LogP contribution in [-0.2, 0) is 24.2 Å². The first-order chi connectivity index (χ1) is 9.60. The molecule has 0 saturated heterocycles. The summed E-state index contributed by atoms with van der Waals surface area (Å²) < 4.78 is 2.23. The third kappa shape index (κ3) is 2.19. The Labute approximate surface area is 122 Å². The number of aliphatic carboxylic acids is 1. The molecule has 0 radical (unpaired) electrons. The molecule has 106 valence electrons. The highest BCUT2D eigenvalue weighted by molar-refractivity contribution is 6.31. The van der Waals surface area contributed by atoms with Crippen molar-refractivity contribution in [2.45, 2.75) is 31.8 Å². The Morgan fingerprint density at radius 1 is 1.55 bits per heavy atom. The van der Waals surface area contributed by atoms with Crippen LogP contribution in [-0.4, -0.2) is 28.7 Å². The number of likely N-dealkylation sites (N-methyl/N-ethyl adjacent to an activating group) is 1. The fourth-order valence-electron chi connectivity index (χ4n) is 3.15. The molecular weight excluding hydrogens is 276 g/mol. The van der Waals surface area contributed by atoms with E-state index < -0.39 is 5.97 Å². The Hall–Kier alpha value is -1.52. The normalized spacial score (nSPS) is 18.2. The molecule has 2 N–H and O–H groups in total. The minimum Gasteiger partial charge on any atom is -0.481 e. The molecule has 1 aromatic carbocycles. The molecule has 1 aliphatic rings. The van der Waals surface area contributed by atoms with Gasteiger partial charge < -0.3 is 15.0 Å². The number of carbonyl (C=O) groups is 1. The Morgan fingerprint density at radius 3 is 3.05 bits per heavy atom. The molecule has 0 spiro atoms. The highest BCUT2D eigenvalue weighted by Crippen LogP contribution is 2.32. The Bertz CT molecular complexity index is 678. The lowest BCUT2D eigenvalue weighted by molar-refractivity contribution is -0.136. The van der Waals surface area contributed by atoms with E-state index in [2.05, 4.69) is 9.88 Å². The molecule has 1 aromatic heterocycles. The minimum absolute atomic E-state index is 0.0741. The Kier molecular flexibility index (Phi) is 3.44. The van der Waals surface area contributed by atoms with Gasteiger partial charge in [-0.05, 0) is 37.6 Å². The predicted octanol–water partition coefficient (Wildman–Crippen LogP) is 2.46. The van der Waals surface area contributed by atoms with Crippen molar-refractivity contribution in [2.75, 3.05) is 7.05 Å². The number of hydrogen-bond donors (Lipinski definition) is 2. The number of carboxylic acid groups (broad SMARTS) is 1. The molecule has 0 bridgehead atoms. The molecule has 4 nitrogen and oxygen atoms in total. The van der Waals surface area contributed by atoms with E-state index in [-0.39, 0.29) is 6.42 Å². The van der Waals surface area contributed by atoms with Gasteiger partial charge in [0, 0.05) is 28.7 Å². The average molecular weight is 293 g/mol. The van der Waals surface area contributed by atoms with Gasteiger partial charge in [-0.2, -0.15) is 0 Å². The van der Waals surface area contributed by atoms with Gasteiger partial charge in [0.15, 0.2) is 0 Å². The lowest BCUT2D eigenvalue weighted by atomic mass is 10.0. The standard InChI is InChI=1S/C15H17ClN2O2/c1-17-10-3-5-13-12(7-15(19)20)11-4-2-9(16)6-14(11)18(13)8-10/h2,4,6,10,17H,3,5,7-8H2,1H3,(H,19,20)/t10-/m1/s1. The Morgan fingerprint density at radius 2 is 2.35 bits per heavy atom. The maximum atomic E-state index is 11.1. The van der Waals surface area contributed by atoms with Crippen molar-refractivity contribution < 1.29 is 9.90 Å². The molecule has 1 atom stereocenters. The highest BCUT2D eigenvalue weighted by Gasteiger charge is 2.24. The van der Waals surface area contributed by atoms with E-state index in [0.717, 1.165) is 41.5 Å². The zero-order valence-electron chi connectivity index (χ0n) is 11.3. The van der Waals surface area contributed by atoms with Gasteiger partial charge in [0.25, 0.3) is 0 Å². The van der Waals surface area contributed by atoms with Crippen molar-refractivity contribution in [1.29, 1.82) is 0 Å². The van der Waals surface area contributed by atoms with Crippen molar-refractivity contribution in [1.82, 2.24) is 9.88 Å². The number of nitrogens with one attached hydrogen (secondary N) is 1. The second kappa shape index (κ2) is 5.11. The van der Waals surface area contributed by atoms with Crippen LogP contribution in [0.2, 0.25) is 5.02 Å². The number of aromatic nitrogens is 1. The van der Waals surface area contributed by atoms with Crippen LogP contribution in [0.5, 0.6) is 0 Å². The molecule has 20 heavy (non-hydrogen) atoms. The summed E-state index contributed by atoms with van der Waals surface area (Å²) >= 11 is 6.10. The van der Waals surface area contributed by atoms with Crippen molar-refractivity contribution in [3.8, 4) is 0 Å².